The van der Waals surface area contributed by atoms with Crippen LogP contribution in [-0.2, 0) is 0 Å². The zero-order valence-corrected chi connectivity index (χ0v) is 33.6. The Labute approximate surface area is 361 Å². The zero-order chi connectivity index (χ0) is 41.8. The van der Waals surface area contributed by atoms with Crippen molar-refractivity contribution in [3.05, 3.63) is 230 Å². The number of benzene rings is 9. The first-order valence-corrected chi connectivity index (χ1v) is 20.5. The van der Waals surface area contributed by atoms with Crippen molar-refractivity contribution < 1.29 is 0 Å². The van der Waals surface area contributed by atoms with Crippen molar-refractivity contribution in [2.45, 2.75) is 0 Å². The zero-order valence-electron chi connectivity index (χ0n) is 33.6. The van der Waals surface area contributed by atoms with Gasteiger partial charge in [0.1, 0.15) is 0 Å². The summed E-state index contributed by atoms with van der Waals surface area (Å²) in [6, 6.07) is 79.4. The highest BCUT2D eigenvalue weighted by Gasteiger charge is 2.18. The highest BCUT2D eigenvalue weighted by Crippen LogP contribution is 2.40. The van der Waals surface area contributed by atoms with E-state index in [9.17, 15) is 10.5 Å². The van der Waals surface area contributed by atoms with E-state index < -0.39 is 0 Å². The Morgan fingerprint density at radius 1 is 0.290 bits per heavy atom. The first-order valence-electron chi connectivity index (χ1n) is 20.5. The maximum Gasteiger partial charge on any atom is 0.160 e. The second kappa shape index (κ2) is 16.5. The smallest absolute Gasteiger partial charge is 0.160 e. The van der Waals surface area contributed by atoms with Crippen molar-refractivity contribution in [1.29, 1.82) is 10.5 Å². The average Bonchev–Trinajstić information content (AvgIpc) is 3.36. The Kier molecular flexibility index (Phi) is 10.0. The third-order valence-corrected chi connectivity index (χ3v) is 11.4. The van der Waals surface area contributed by atoms with Gasteiger partial charge in [-0.3, -0.25) is 0 Å². The quantitative estimate of drug-likeness (QED) is 0.154. The molecule has 0 aliphatic rings. The number of fused-ring (bicyclic) bond motifs is 1. The van der Waals surface area contributed by atoms with Crippen LogP contribution in [0.2, 0.25) is 0 Å². The minimum absolute atomic E-state index is 0.622. The molecule has 10 aromatic rings. The summed E-state index contributed by atoms with van der Waals surface area (Å²) in [6.45, 7) is 0. The van der Waals surface area contributed by atoms with E-state index in [0.717, 1.165) is 88.9 Å². The lowest BCUT2D eigenvalue weighted by atomic mass is 9.92. The van der Waals surface area contributed by atoms with Gasteiger partial charge in [-0.2, -0.15) is 10.5 Å². The van der Waals surface area contributed by atoms with Crippen LogP contribution < -0.4 is 0 Å². The average molecular weight is 789 g/mol. The molecular formula is C58H36N4. The van der Waals surface area contributed by atoms with Crippen molar-refractivity contribution in [2.24, 2.45) is 0 Å². The van der Waals surface area contributed by atoms with Crippen LogP contribution >= 0.6 is 0 Å². The molecule has 288 valence electrons. The summed E-state index contributed by atoms with van der Waals surface area (Å²) in [5.41, 5.74) is 17.8. The highest BCUT2D eigenvalue weighted by atomic mass is 14.9. The summed E-state index contributed by atoms with van der Waals surface area (Å²) in [4.78, 5) is 10.8. The van der Waals surface area contributed by atoms with Gasteiger partial charge in [0.2, 0.25) is 0 Å². The number of nitriles is 2. The van der Waals surface area contributed by atoms with Crippen molar-refractivity contribution in [3.8, 4) is 102 Å². The number of aromatic nitrogens is 2. The lowest BCUT2D eigenvalue weighted by molar-refractivity contribution is 1.23. The van der Waals surface area contributed by atoms with E-state index in [1.54, 1.807) is 0 Å². The summed E-state index contributed by atoms with van der Waals surface area (Å²) < 4.78 is 0. The van der Waals surface area contributed by atoms with E-state index in [1.807, 2.05) is 60.7 Å². The van der Waals surface area contributed by atoms with Crippen molar-refractivity contribution >= 4 is 10.9 Å². The van der Waals surface area contributed by atoms with Crippen molar-refractivity contribution in [1.82, 2.24) is 9.97 Å². The van der Waals surface area contributed by atoms with Crippen LogP contribution in [0.25, 0.3) is 100 Å². The second-order valence-corrected chi connectivity index (χ2v) is 15.2. The minimum atomic E-state index is 0.622. The maximum absolute atomic E-state index is 9.37. The van der Waals surface area contributed by atoms with Crippen LogP contribution in [0.4, 0.5) is 0 Å². The molecule has 62 heavy (non-hydrogen) atoms. The maximum atomic E-state index is 9.37. The molecule has 0 saturated heterocycles. The summed E-state index contributed by atoms with van der Waals surface area (Å²) >= 11 is 0. The Balaban J connectivity index is 1.16. The summed E-state index contributed by atoms with van der Waals surface area (Å²) in [7, 11) is 0. The molecule has 0 aliphatic heterocycles. The Hall–Kier alpha value is -8.70. The third-order valence-electron chi connectivity index (χ3n) is 11.4. The number of nitrogens with zero attached hydrogens (tertiary/aromatic N) is 4. The van der Waals surface area contributed by atoms with Gasteiger partial charge in [0, 0.05) is 22.1 Å². The number of hydrogen-bond acceptors (Lipinski definition) is 4. The van der Waals surface area contributed by atoms with E-state index in [-0.39, 0.29) is 0 Å². The standard InChI is InChI=1S/C58H36N4/c59-37-39-11-15-43(16-12-39)47-25-31-51(32-26-47)56-55-36-53(49-21-19-45(20-22-49)41-7-3-1-4-8-41)35-54(50-29-23-46(24-30-50)42-9-5-2-6-10-42)57(55)62-58(61-56)52-33-27-48(28-34-52)44-17-13-40(38-60)14-18-44/h1-36H. The van der Waals surface area contributed by atoms with Crippen LogP contribution in [0.5, 0.6) is 0 Å². The van der Waals surface area contributed by atoms with Gasteiger partial charge in [0.25, 0.3) is 0 Å². The fourth-order valence-electron chi connectivity index (χ4n) is 8.03. The largest absolute Gasteiger partial charge is 0.227 e. The Morgan fingerprint density at radius 2 is 0.629 bits per heavy atom. The van der Waals surface area contributed by atoms with Crippen LogP contribution in [0.1, 0.15) is 11.1 Å². The molecule has 0 amide bonds. The van der Waals surface area contributed by atoms with Gasteiger partial charge in [-0.05, 0) is 97.6 Å². The third kappa shape index (κ3) is 7.53. The van der Waals surface area contributed by atoms with E-state index >= 15 is 0 Å². The molecule has 1 heterocycles. The molecule has 0 saturated carbocycles. The molecule has 0 atom stereocenters. The van der Waals surface area contributed by atoms with E-state index in [1.165, 1.54) is 5.56 Å². The molecule has 0 spiro atoms. The molecule has 1 aromatic heterocycles. The van der Waals surface area contributed by atoms with Crippen LogP contribution in [-0.4, -0.2) is 9.97 Å². The van der Waals surface area contributed by atoms with Crippen LogP contribution in [0, 0.1) is 22.7 Å². The molecule has 0 fully saturated rings. The summed E-state index contributed by atoms with van der Waals surface area (Å²) in [5.74, 6) is 0.622. The highest BCUT2D eigenvalue weighted by molar-refractivity contribution is 6.04. The van der Waals surface area contributed by atoms with Gasteiger partial charge in [-0.25, -0.2) is 9.97 Å². The predicted octanol–water partition coefficient (Wildman–Crippen LogP) is 14.7. The molecule has 4 heteroatoms. The van der Waals surface area contributed by atoms with E-state index in [4.69, 9.17) is 9.97 Å². The van der Waals surface area contributed by atoms with Crippen molar-refractivity contribution in [3.63, 3.8) is 0 Å². The molecule has 0 N–H and O–H groups in total. The van der Waals surface area contributed by atoms with E-state index in [0.29, 0.717) is 17.0 Å². The molecule has 0 unspecified atom stereocenters. The van der Waals surface area contributed by atoms with Crippen LogP contribution in [0.15, 0.2) is 218 Å². The van der Waals surface area contributed by atoms with Gasteiger partial charge >= 0.3 is 0 Å². The summed E-state index contributed by atoms with van der Waals surface area (Å²) in [5, 5.41) is 19.6. The fourth-order valence-corrected chi connectivity index (χ4v) is 8.03. The molecule has 4 nitrogen and oxygen atoms in total. The number of rotatable bonds is 8. The summed E-state index contributed by atoms with van der Waals surface area (Å²) in [6.07, 6.45) is 0. The van der Waals surface area contributed by atoms with Gasteiger partial charge in [-0.15, -0.1) is 0 Å². The topological polar surface area (TPSA) is 73.4 Å². The van der Waals surface area contributed by atoms with E-state index in [2.05, 4.69) is 170 Å². The first kappa shape index (κ1) is 37.6. The molecule has 9 aromatic carbocycles. The molecule has 0 radical (unpaired) electrons. The van der Waals surface area contributed by atoms with Crippen molar-refractivity contribution in [2.75, 3.05) is 0 Å². The first-order chi connectivity index (χ1) is 30.6. The molecule has 10 rings (SSSR count). The fraction of sp³-hybridized carbons (Fsp3) is 0. The normalized spacial score (nSPS) is 10.9. The molecular weight excluding hydrogens is 753 g/mol. The SMILES string of the molecule is N#Cc1ccc(-c2ccc(-c3nc(-c4ccc(-c5ccc(C#N)cc5)cc4)c4cc(-c5ccc(-c6ccccc6)cc5)cc(-c5ccc(-c6ccccc6)cc5)c4n3)cc2)cc1. The molecule has 0 aliphatic carbocycles. The number of hydrogen-bond donors (Lipinski definition) is 0. The predicted molar refractivity (Wildman–Crippen MR) is 252 cm³/mol. The Bertz CT molecular complexity index is 3270. The van der Waals surface area contributed by atoms with Gasteiger partial charge in [-0.1, -0.05) is 182 Å². The lowest BCUT2D eigenvalue weighted by Gasteiger charge is -2.16. The molecule has 0 bridgehead atoms. The lowest BCUT2D eigenvalue weighted by Crippen LogP contribution is -1.98. The second-order valence-electron chi connectivity index (χ2n) is 15.2. The van der Waals surface area contributed by atoms with Crippen LogP contribution in [0.3, 0.4) is 0 Å². The Morgan fingerprint density at radius 3 is 1.05 bits per heavy atom. The van der Waals surface area contributed by atoms with Gasteiger partial charge in [0.15, 0.2) is 5.82 Å². The minimum Gasteiger partial charge on any atom is -0.227 e. The van der Waals surface area contributed by atoms with Gasteiger partial charge in [0.05, 0.1) is 34.5 Å². The monoisotopic (exact) mass is 788 g/mol. The van der Waals surface area contributed by atoms with Gasteiger partial charge < -0.3 is 0 Å².